The average Bonchev–Trinajstić information content (AvgIpc) is 2.97. The van der Waals surface area contributed by atoms with E-state index in [1.54, 1.807) is 18.2 Å². The van der Waals surface area contributed by atoms with Crippen molar-refractivity contribution in [3.05, 3.63) is 53.6 Å². The van der Waals surface area contributed by atoms with Crippen molar-refractivity contribution >= 4 is 11.7 Å². The van der Waals surface area contributed by atoms with Gasteiger partial charge in [0.15, 0.2) is 11.5 Å². The topological polar surface area (TPSA) is 79.8 Å². The fourth-order valence-electron chi connectivity index (χ4n) is 3.23. The van der Waals surface area contributed by atoms with Crippen LogP contribution in [-0.4, -0.2) is 31.9 Å². The van der Waals surface area contributed by atoms with Crippen LogP contribution in [0, 0.1) is 0 Å². The summed E-state index contributed by atoms with van der Waals surface area (Å²) in [5.41, 5.74) is 1.47. The Kier molecular flexibility index (Phi) is 4.81. The van der Waals surface area contributed by atoms with Crippen LogP contribution in [0.3, 0.4) is 0 Å². The lowest BCUT2D eigenvalue weighted by atomic mass is 9.96. The average molecular weight is 342 g/mol. The molecular weight excluding hydrogens is 320 g/mol. The first-order valence-corrected chi connectivity index (χ1v) is 8.14. The molecule has 6 heteroatoms. The number of benzene rings is 2. The number of methoxy groups -OCH3 is 2. The normalized spacial score (nSPS) is 18.4. The molecule has 3 N–H and O–H groups in total. The molecule has 1 unspecified atom stereocenters. The Labute approximate surface area is 146 Å². The van der Waals surface area contributed by atoms with Crippen LogP contribution in [0.25, 0.3) is 0 Å². The number of fused-ring (bicyclic) bond motifs is 1. The van der Waals surface area contributed by atoms with Crippen LogP contribution in [0.15, 0.2) is 42.5 Å². The first kappa shape index (κ1) is 17.1. The highest BCUT2D eigenvalue weighted by Crippen LogP contribution is 2.36. The van der Waals surface area contributed by atoms with E-state index in [9.17, 15) is 9.90 Å². The van der Waals surface area contributed by atoms with E-state index in [2.05, 4.69) is 10.6 Å². The molecule has 0 radical (unpaired) electrons. The number of ether oxygens (including phenoxy) is 2. The fourth-order valence-corrected chi connectivity index (χ4v) is 3.23. The molecule has 1 atom stereocenters. The zero-order chi connectivity index (χ0) is 17.9. The minimum absolute atomic E-state index is 0.141. The molecule has 1 aliphatic rings. The van der Waals surface area contributed by atoms with Gasteiger partial charge in [0.1, 0.15) is 5.60 Å². The number of nitrogens with one attached hydrogen (secondary N) is 2. The lowest BCUT2D eigenvalue weighted by Crippen LogP contribution is -2.41. The lowest BCUT2D eigenvalue weighted by Gasteiger charge is -2.24. The van der Waals surface area contributed by atoms with Crippen molar-refractivity contribution in [3.8, 4) is 11.5 Å². The fraction of sp³-hybridized carbons (Fsp3) is 0.316. The molecule has 0 fully saturated rings. The van der Waals surface area contributed by atoms with Gasteiger partial charge in [0, 0.05) is 0 Å². The Morgan fingerprint density at radius 3 is 2.72 bits per heavy atom. The van der Waals surface area contributed by atoms with Crippen LogP contribution in [0.1, 0.15) is 17.5 Å². The molecule has 0 aromatic heterocycles. The maximum atomic E-state index is 12.3. The summed E-state index contributed by atoms with van der Waals surface area (Å²) in [5.74, 6) is 0.980. The molecule has 0 saturated heterocycles. The number of rotatable bonds is 5. The summed E-state index contributed by atoms with van der Waals surface area (Å²) in [7, 11) is 3.05. The van der Waals surface area contributed by atoms with Crippen molar-refractivity contribution in [3.63, 3.8) is 0 Å². The highest BCUT2D eigenvalue weighted by Gasteiger charge is 2.36. The van der Waals surface area contributed by atoms with Gasteiger partial charge in [-0.25, -0.2) is 4.79 Å². The van der Waals surface area contributed by atoms with Gasteiger partial charge in [-0.2, -0.15) is 0 Å². The predicted octanol–water partition coefficient (Wildman–Crippen LogP) is 2.66. The SMILES string of the molecule is COc1cccc(NC(=O)NCC2(O)CCc3ccccc32)c1OC. The van der Waals surface area contributed by atoms with Gasteiger partial charge in [-0.05, 0) is 36.1 Å². The molecule has 0 aliphatic heterocycles. The van der Waals surface area contributed by atoms with Gasteiger partial charge in [-0.15, -0.1) is 0 Å². The maximum Gasteiger partial charge on any atom is 0.319 e. The first-order chi connectivity index (χ1) is 12.1. The van der Waals surface area contributed by atoms with Crippen LogP contribution >= 0.6 is 0 Å². The number of anilines is 1. The summed E-state index contributed by atoms with van der Waals surface area (Å²) < 4.78 is 10.5. The van der Waals surface area contributed by atoms with Gasteiger partial charge in [-0.3, -0.25) is 0 Å². The number of aliphatic hydroxyl groups is 1. The van der Waals surface area contributed by atoms with Crippen molar-refractivity contribution in [2.24, 2.45) is 0 Å². The summed E-state index contributed by atoms with van der Waals surface area (Å²) in [6.45, 7) is 0.141. The number of para-hydroxylation sites is 1. The monoisotopic (exact) mass is 342 g/mol. The second-order valence-corrected chi connectivity index (χ2v) is 6.04. The van der Waals surface area contributed by atoms with E-state index < -0.39 is 11.6 Å². The van der Waals surface area contributed by atoms with Crippen molar-refractivity contribution in [2.45, 2.75) is 18.4 Å². The smallest absolute Gasteiger partial charge is 0.319 e. The number of carbonyl (C=O) groups excluding carboxylic acids is 1. The molecule has 0 saturated carbocycles. The summed E-state index contributed by atoms with van der Waals surface area (Å²) >= 11 is 0. The molecular formula is C19H22N2O4. The molecule has 0 spiro atoms. The van der Waals surface area contributed by atoms with E-state index in [0.29, 0.717) is 23.6 Å². The van der Waals surface area contributed by atoms with E-state index in [1.807, 2.05) is 24.3 Å². The van der Waals surface area contributed by atoms with Crippen molar-refractivity contribution in [2.75, 3.05) is 26.1 Å². The van der Waals surface area contributed by atoms with E-state index in [1.165, 1.54) is 14.2 Å². The summed E-state index contributed by atoms with van der Waals surface area (Å²) in [4.78, 5) is 12.3. The van der Waals surface area contributed by atoms with Crippen LogP contribution in [0.4, 0.5) is 10.5 Å². The largest absolute Gasteiger partial charge is 0.493 e. The Morgan fingerprint density at radius 2 is 1.96 bits per heavy atom. The van der Waals surface area contributed by atoms with Gasteiger partial charge in [-0.1, -0.05) is 30.3 Å². The number of carbonyl (C=O) groups is 1. The minimum atomic E-state index is -1.04. The minimum Gasteiger partial charge on any atom is -0.493 e. The molecule has 2 aromatic carbocycles. The Bertz CT molecular complexity index is 778. The van der Waals surface area contributed by atoms with E-state index in [0.717, 1.165) is 17.5 Å². The van der Waals surface area contributed by atoms with E-state index >= 15 is 0 Å². The standard InChI is InChI=1S/C19H22N2O4/c1-24-16-9-5-8-15(17(16)25-2)21-18(22)20-12-19(23)11-10-13-6-3-4-7-14(13)19/h3-9,23H,10-12H2,1-2H3,(H2,20,21,22). The molecule has 6 nitrogen and oxygen atoms in total. The van der Waals surface area contributed by atoms with Crippen LogP contribution in [-0.2, 0) is 12.0 Å². The van der Waals surface area contributed by atoms with Crippen LogP contribution < -0.4 is 20.1 Å². The molecule has 132 valence electrons. The van der Waals surface area contributed by atoms with Gasteiger partial charge >= 0.3 is 6.03 Å². The van der Waals surface area contributed by atoms with Gasteiger partial charge in [0.25, 0.3) is 0 Å². The van der Waals surface area contributed by atoms with Crippen molar-refractivity contribution in [1.29, 1.82) is 0 Å². The molecule has 3 rings (SSSR count). The molecule has 2 aromatic rings. The number of amides is 2. The van der Waals surface area contributed by atoms with Crippen LogP contribution in [0.5, 0.6) is 11.5 Å². The zero-order valence-corrected chi connectivity index (χ0v) is 14.3. The number of hydrogen-bond donors (Lipinski definition) is 3. The van der Waals surface area contributed by atoms with Gasteiger partial charge < -0.3 is 25.2 Å². The summed E-state index contributed by atoms with van der Waals surface area (Å²) in [5, 5.41) is 16.3. The quantitative estimate of drug-likeness (QED) is 0.780. The van der Waals surface area contributed by atoms with E-state index in [4.69, 9.17) is 9.47 Å². The molecule has 2 amide bonds. The van der Waals surface area contributed by atoms with Crippen LogP contribution in [0.2, 0.25) is 0 Å². The summed E-state index contributed by atoms with van der Waals surface area (Å²) in [6, 6.07) is 12.6. The Balaban J connectivity index is 1.67. The highest BCUT2D eigenvalue weighted by atomic mass is 16.5. The van der Waals surface area contributed by atoms with Gasteiger partial charge in [0.05, 0.1) is 26.5 Å². The number of aryl methyl sites for hydroxylation is 1. The number of hydrogen-bond acceptors (Lipinski definition) is 4. The lowest BCUT2D eigenvalue weighted by molar-refractivity contribution is 0.0417. The van der Waals surface area contributed by atoms with Crippen molar-refractivity contribution in [1.82, 2.24) is 5.32 Å². The summed E-state index contributed by atoms with van der Waals surface area (Å²) in [6.07, 6.45) is 1.40. The molecule has 0 bridgehead atoms. The third-order valence-electron chi connectivity index (χ3n) is 4.52. The third-order valence-corrected chi connectivity index (χ3v) is 4.52. The van der Waals surface area contributed by atoms with Crippen molar-refractivity contribution < 1.29 is 19.4 Å². The highest BCUT2D eigenvalue weighted by molar-refractivity contribution is 5.91. The Hall–Kier alpha value is -2.73. The maximum absolute atomic E-state index is 12.3. The second-order valence-electron chi connectivity index (χ2n) is 6.04. The molecule has 0 heterocycles. The van der Waals surface area contributed by atoms with E-state index in [-0.39, 0.29) is 6.54 Å². The predicted molar refractivity (Wildman–Crippen MR) is 95.2 cm³/mol. The molecule has 1 aliphatic carbocycles. The Morgan fingerprint density at radius 1 is 1.16 bits per heavy atom. The zero-order valence-electron chi connectivity index (χ0n) is 14.3. The first-order valence-electron chi connectivity index (χ1n) is 8.14. The van der Waals surface area contributed by atoms with Gasteiger partial charge in [0.2, 0.25) is 0 Å². The third kappa shape index (κ3) is 3.39. The number of urea groups is 1. The molecule has 25 heavy (non-hydrogen) atoms. The second kappa shape index (κ2) is 7.03.